The second-order valence-electron chi connectivity index (χ2n) is 12.3. The van der Waals surface area contributed by atoms with Gasteiger partial charge in [-0.3, -0.25) is 19.2 Å². The number of esters is 4. The molecule has 298 valence electrons. The number of aliphatic hydroxyl groups is 1. The van der Waals surface area contributed by atoms with Crippen molar-refractivity contribution in [1.82, 2.24) is 10.6 Å². The van der Waals surface area contributed by atoms with Crippen molar-refractivity contribution in [2.45, 2.75) is 84.5 Å². The molecule has 0 saturated carbocycles. The van der Waals surface area contributed by atoms with Crippen molar-refractivity contribution in [1.29, 1.82) is 0 Å². The van der Waals surface area contributed by atoms with Gasteiger partial charge in [0.05, 0.1) is 58.9 Å². The lowest BCUT2D eigenvalue weighted by atomic mass is 9.97. The Labute approximate surface area is 307 Å². The number of aliphatic hydroxyl groups excluding tert-OH is 1. The zero-order chi connectivity index (χ0) is 39.6. The highest BCUT2D eigenvalue weighted by molar-refractivity contribution is 5.97. The Morgan fingerprint density at radius 3 is 1.81 bits per heavy atom. The number of carbonyl (C=O) groups is 6. The molecule has 53 heavy (non-hydrogen) atoms. The molecule has 19 heteroatoms. The van der Waals surface area contributed by atoms with Crippen LogP contribution in [0.3, 0.4) is 0 Å². The van der Waals surface area contributed by atoms with Crippen LogP contribution in [0.5, 0.6) is 5.75 Å². The van der Waals surface area contributed by atoms with Crippen molar-refractivity contribution in [3.8, 4) is 5.75 Å². The van der Waals surface area contributed by atoms with Gasteiger partial charge in [-0.1, -0.05) is 6.07 Å². The number of rotatable bonds is 20. The maximum absolute atomic E-state index is 13.3. The predicted molar refractivity (Wildman–Crippen MR) is 179 cm³/mol. The van der Waals surface area contributed by atoms with Gasteiger partial charge in [0, 0.05) is 33.9 Å². The minimum atomic E-state index is -1.71. The monoisotopic (exact) mass is 758 g/mol. The van der Waals surface area contributed by atoms with Crippen LogP contribution in [-0.4, -0.2) is 137 Å². The first-order valence-corrected chi connectivity index (χ1v) is 16.7. The van der Waals surface area contributed by atoms with E-state index in [-0.39, 0.29) is 50.8 Å². The van der Waals surface area contributed by atoms with E-state index in [1.165, 1.54) is 18.2 Å². The van der Waals surface area contributed by atoms with E-state index in [4.69, 9.17) is 47.4 Å². The smallest absolute Gasteiger partial charge is 0.407 e. The lowest BCUT2D eigenvalue weighted by Crippen LogP contribution is -2.64. The van der Waals surface area contributed by atoms with Gasteiger partial charge < -0.3 is 63.1 Å². The number of hydrogen-bond acceptors (Lipinski definition) is 17. The molecule has 0 bridgehead atoms. The first kappa shape index (κ1) is 44.6. The highest BCUT2D eigenvalue weighted by atomic mass is 16.7. The summed E-state index contributed by atoms with van der Waals surface area (Å²) in [6.07, 6.45) is -8.73. The fraction of sp³-hybridized carbons (Fsp3) is 0.647. The summed E-state index contributed by atoms with van der Waals surface area (Å²) in [4.78, 5) is 73.8. The van der Waals surface area contributed by atoms with Gasteiger partial charge in [-0.15, -0.1) is 0 Å². The maximum Gasteiger partial charge on any atom is 0.407 e. The van der Waals surface area contributed by atoms with Crippen LogP contribution in [0.15, 0.2) is 18.2 Å². The van der Waals surface area contributed by atoms with Crippen LogP contribution in [-0.2, 0) is 68.4 Å². The minimum Gasteiger partial charge on any atom is -0.467 e. The topological polar surface area (TPSA) is 239 Å². The molecule has 1 aliphatic heterocycles. The molecule has 5 atom stereocenters. The van der Waals surface area contributed by atoms with E-state index in [9.17, 15) is 33.9 Å². The lowest BCUT2D eigenvalue weighted by Gasteiger charge is -2.43. The van der Waals surface area contributed by atoms with Gasteiger partial charge in [-0.25, -0.2) is 9.59 Å². The SMILES string of the molecule is COC(=O)[C@H]1O[C@@H](Oc2ccc(CO)cc2C(=O)NCCOCCOCCOCCNC(=O)OC(C)(C)C)[C@H](OC(C)=O)[C@@H](OC(C)=O)[C@@H]1OC(C)=O. The summed E-state index contributed by atoms with van der Waals surface area (Å²) in [6.45, 7) is 9.87. The number of alkyl carbamates (subject to hydrolysis) is 1. The largest absolute Gasteiger partial charge is 0.467 e. The second-order valence-corrected chi connectivity index (χ2v) is 12.3. The Hall–Kier alpha value is -4.56. The molecule has 1 fully saturated rings. The third-order valence-electron chi connectivity index (χ3n) is 6.74. The van der Waals surface area contributed by atoms with Crippen LogP contribution in [0.1, 0.15) is 57.5 Å². The van der Waals surface area contributed by atoms with Crippen LogP contribution in [0.4, 0.5) is 4.79 Å². The Morgan fingerprint density at radius 2 is 1.28 bits per heavy atom. The van der Waals surface area contributed by atoms with Crippen molar-refractivity contribution < 1.29 is 81.2 Å². The molecule has 1 aromatic rings. The van der Waals surface area contributed by atoms with Gasteiger partial charge in [0.2, 0.25) is 12.4 Å². The van der Waals surface area contributed by atoms with E-state index >= 15 is 0 Å². The minimum absolute atomic E-state index is 0.0639. The molecule has 0 radical (unpaired) electrons. The number of carbonyl (C=O) groups excluding carboxylic acids is 6. The number of nitrogens with one attached hydrogen (secondary N) is 2. The molecular formula is C34H50N2O17. The number of hydrogen-bond donors (Lipinski definition) is 3. The van der Waals surface area contributed by atoms with Gasteiger partial charge in [-0.2, -0.15) is 0 Å². The number of amides is 2. The van der Waals surface area contributed by atoms with Crippen LogP contribution in [0.25, 0.3) is 0 Å². The summed E-state index contributed by atoms with van der Waals surface area (Å²) < 4.78 is 54.0. The van der Waals surface area contributed by atoms with Crippen LogP contribution < -0.4 is 15.4 Å². The molecule has 0 spiro atoms. The molecular weight excluding hydrogens is 708 g/mol. The Kier molecular flexibility index (Phi) is 18.9. The van der Waals surface area contributed by atoms with E-state index in [0.29, 0.717) is 18.8 Å². The average molecular weight is 759 g/mol. The number of benzene rings is 1. The molecule has 19 nitrogen and oxygen atoms in total. The van der Waals surface area contributed by atoms with Gasteiger partial charge in [0.25, 0.3) is 5.91 Å². The van der Waals surface area contributed by atoms with E-state index in [1.54, 1.807) is 20.8 Å². The highest BCUT2D eigenvalue weighted by Gasteiger charge is 2.56. The second kappa shape index (κ2) is 22.5. The third kappa shape index (κ3) is 16.3. The molecule has 0 unspecified atom stereocenters. The first-order chi connectivity index (χ1) is 25.1. The molecule has 2 rings (SSSR count). The molecule has 2 amide bonds. The van der Waals surface area contributed by atoms with Crippen molar-refractivity contribution in [2.24, 2.45) is 0 Å². The fourth-order valence-corrected chi connectivity index (χ4v) is 4.67. The van der Waals surface area contributed by atoms with Crippen molar-refractivity contribution in [3.05, 3.63) is 29.3 Å². The summed E-state index contributed by atoms with van der Waals surface area (Å²) in [5, 5.41) is 15.0. The molecule has 1 heterocycles. The summed E-state index contributed by atoms with van der Waals surface area (Å²) in [5.41, 5.74) is -0.312. The Bertz CT molecular complexity index is 1380. The summed E-state index contributed by atoms with van der Waals surface area (Å²) >= 11 is 0. The molecule has 1 aliphatic rings. The molecule has 1 aromatic carbocycles. The molecule has 1 saturated heterocycles. The van der Waals surface area contributed by atoms with Gasteiger partial charge in [0.15, 0.2) is 18.3 Å². The standard InChI is InChI=1S/C34H50N2O17/c1-20(38)48-26-27(49-21(2)39)29(50-22(3)40)32(52-28(26)31(42)44-7)51-25-9-8-23(19-37)18-24(25)30(41)35-10-12-45-14-16-47-17-15-46-13-11-36-33(43)53-34(4,5)6/h8-9,18,26-29,32,37H,10-17,19H2,1-7H3,(H,35,41)(H,36,43)/t26-,27-,28-,29+,32+/m0/s1. The highest BCUT2D eigenvalue weighted by Crippen LogP contribution is 2.32. The zero-order valence-electron chi connectivity index (χ0n) is 31.0. The summed E-state index contributed by atoms with van der Waals surface area (Å²) in [5.74, 6) is -4.40. The van der Waals surface area contributed by atoms with E-state index in [2.05, 4.69) is 10.6 Å². The lowest BCUT2D eigenvalue weighted by molar-refractivity contribution is -0.282. The normalized spacial score (nSPS) is 19.7. The summed E-state index contributed by atoms with van der Waals surface area (Å²) in [6, 6.07) is 4.14. The molecule has 0 aromatic heterocycles. The Balaban J connectivity index is 1.99. The van der Waals surface area contributed by atoms with Crippen LogP contribution >= 0.6 is 0 Å². The first-order valence-electron chi connectivity index (χ1n) is 16.7. The molecule has 3 N–H and O–H groups in total. The van der Waals surface area contributed by atoms with Crippen molar-refractivity contribution in [3.63, 3.8) is 0 Å². The number of ether oxygens (including phenoxy) is 10. The third-order valence-corrected chi connectivity index (χ3v) is 6.74. The van der Waals surface area contributed by atoms with Crippen molar-refractivity contribution >= 4 is 35.9 Å². The predicted octanol–water partition coefficient (Wildman–Crippen LogP) is 0.555. The number of methoxy groups -OCH3 is 1. The van der Waals surface area contributed by atoms with Crippen LogP contribution in [0, 0.1) is 0 Å². The van der Waals surface area contributed by atoms with E-state index in [1.807, 2.05) is 0 Å². The average Bonchev–Trinajstić information content (AvgIpc) is 3.07. The maximum atomic E-state index is 13.3. The van der Waals surface area contributed by atoms with E-state index < -0.39 is 78.8 Å². The van der Waals surface area contributed by atoms with Crippen LogP contribution in [0.2, 0.25) is 0 Å². The van der Waals surface area contributed by atoms with Gasteiger partial charge >= 0.3 is 30.0 Å². The van der Waals surface area contributed by atoms with Gasteiger partial charge in [0.1, 0.15) is 11.4 Å². The summed E-state index contributed by atoms with van der Waals surface area (Å²) in [7, 11) is 1.05. The quantitative estimate of drug-likeness (QED) is 0.0935. The fourth-order valence-electron chi connectivity index (χ4n) is 4.67. The van der Waals surface area contributed by atoms with Crippen molar-refractivity contribution in [2.75, 3.05) is 59.8 Å². The van der Waals surface area contributed by atoms with E-state index in [0.717, 1.165) is 27.9 Å². The molecule has 0 aliphatic carbocycles. The Morgan fingerprint density at radius 1 is 0.755 bits per heavy atom. The zero-order valence-corrected chi connectivity index (χ0v) is 31.0. The van der Waals surface area contributed by atoms with Gasteiger partial charge in [-0.05, 0) is 38.5 Å².